The minimum absolute atomic E-state index is 0.321. The molecule has 2 aromatic heterocycles. The maximum absolute atomic E-state index is 5.67. The zero-order valence-electron chi connectivity index (χ0n) is 14.9. The van der Waals surface area contributed by atoms with Crippen LogP contribution in [0.3, 0.4) is 0 Å². The smallest absolute Gasteiger partial charge is 0.147 e. The van der Waals surface area contributed by atoms with E-state index in [1.807, 2.05) is 12.3 Å². The highest BCUT2D eigenvalue weighted by Crippen LogP contribution is 2.30. The van der Waals surface area contributed by atoms with E-state index >= 15 is 0 Å². The van der Waals surface area contributed by atoms with Crippen molar-refractivity contribution >= 4 is 5.69 Å². The first kappa shape index (κ1) is 16.8. The van der Waals surface area contributed by atoms with Crippen LogP contribution in [0.2, 0.25) is 0 Å². The van der Waals surface area contributed by atoms with Crippen LogP contribution in [0.5, 0.6) is 5.75 Å². The van der Waals surface area contributed by atoms with Crippen molar-refractivity contribution in [2.24, 2.45) is 0 Å². The van der Waals surface area contributed by atoms with Gasteiger partial charge in [0.15, 0.2) is 0 Å². The molecule has 0 bridgehead atoms. The molecular weight excluding hydrogens is 304 g/mol. The maximum Gasteiger partial charge on any atom is 0.147 e. The Balaban J connectivity index is 1.90. The average Bonchev–Trinajstić information content (AvgIpc) is 2.93. The number of hydrogen-bond donors (Lipinski definition) is 1. The van der Waals surface area contributed by atoms with E-state index in [4.69, 9.17) is 9.47 Å². The number of ether oxygens (including phenoxy) is 2. The van der Waals surface area contributed by atoms with Crippen LogP contribution in [0, 0.1) is 13.8 Å². The van der Waals surface area contributed by atoms with Crippen LogP contribution in [0.1, 0.15) is 11.4 Å². The van der Waals surface area contributed by atoms with Gasteiger partial charge in [0.1, 0.15) is 11.6 Å². The molecule has 0 amide bonds. The number of anilines is 1. The van der Waals surface area contributed by atoms with Gasteiger partial charge >= 0.3 is 0 Å². The molecule has 1 aliphatic rings. The molecule has 1 saturated heterocycles. The summed E-state index contributed by atoms with van der Waals surface area (Å²) in [7, 11) is 3.45. The summed E-state index contributed by atoms with van der Waals surface area (Å²) in [6, 6.07) is 6.54. The van der Waals surface area contributed by atoms with Gasteiger partial charge in [0.2, 0.25) is 0 Å². The van der Waals surface area contributed by atoms with Crippen LogP contribution in [0.25, 0.3) is 5.82 Å². The third kappa shape index (κ3) is 3.25. The number of rotatable bonds is 5. The summed E-state index contributed by atoms with van der Waals surface area (Å²) in [4.78, 5) is 7.00. The molecule has 1 unspecified atom stereocenters. The summed E-state index contributed by atoms with van der Waals surface area (Å²) >= 11 is 0. The normalized spacial score (nSPS) is 18.0. The molecule has 0 saturated carbocycles. The number of hydrogen-bond acceptors (Lipinski definition) is 5. The van der Waals surface area contributed by atoms with E-state index in [0.29, 0.717) is 12.6 Å². The first-order valence-corrected chi connectivity index (χ1v) is 8.30. The van der Waals surface area contributed by atoms with Gasteiger partial charge in [-0.1, -0.05) is 0 Å². The first-order valence-electron chi connectivity index (χ1n) is 8.30. The van der Waals surface area contributed by atoms with E-state index in [1.165, 1.54) is 0 Å². The van der Waals surface area contributed by atoms with E-state index in [2.05, 4.69) is 45.7 Å². The Bertz CT molecular complexity index is 677. The lowest BCUT2D eigenvalue weighted by molar-refractivity contribution is 0.163. The lowest BCUT2D eigenvalue weighted by atomic mass is 10.2. The third-order valence-electron chi connectivity index (χ3n) is 4.52. The first-order chi connectivity index (χ1) is 11.6. The van der Waals surface area contributed by atoms with E-state index in [1.54, 1.807) is 14.2 Å². The summed E-state index contributed by atoms with van der Waals surface area (Å²) in [6.07, 6.45) is 1.92. The molecule has 3 heterocycles. The molecular formula is C18H26N4O2. The standard InChI is InChI=1S/C18H26N4O2/c1-13-5-6-14(2)22(13)18-9-17(24-4)16(10-20-18)21-8-7-19-15(11-21)12-23-3/h5-6,9-10,15,19H,7-8,11-12H2,1-4H3. The van der Waals surface area contributed by atoms with Crippen molar-refractivity contribution in [1.29, 1.82) is 0 Å². The molecule has 1 aliphatic heterocycles. The fourth-order valence-corrected chi connectivity index (χ4v) is 3.33. The summed E-state index contributed by atoms with van der Waals surface area (Å²) in [5, 5.41) is 3.47. The molecule has 1 atom stereocenters. The fourth-order valence-electron chi connectivity index (χ4n) is 3.33. The third-order valence-corrected chi connectivity index (χ3v) is 4.52. The SMILES string of the molecule is COCC1CN(c2cnc(-n3c(C)ccc3C)cc2OC)CCN1. The Hall–Kier alpha value is -2.05. The van der Waals surface area contributed by atoms with Gasteiger partial charge in [0.05, 0.1) is 25.6 Å². The molecule has 6 nitrogen and oxygen atoms in total. The van der Waals surface area contributed by atoms with E-state index in [0.717, 1.165) is 48.3 Å². The number of aromatic nitrogens is 2. The van der Waals surface area contributed by atoms with Gasteiger partial charge in [0.25, 0.3) is 0 Å². The predicted molar refractivity (Wildman–Crippen MR) is 95.5 cm³/mol. The van der Waals surface area contributed by atoms with Crippen LogP contribution < -0.4 is 15.0 Å². The molecule has 24 heavy (non-hydrogen) atoms. The monoisotopic (exact) mass is 330 g/mol. The van der Waals surface area contributed by atoms with Crippen molar-refractivity contribution in [3.8, 4) is 11.6 Å². The topological polar surface area (TPSA) is 51.5 Å². The number of aryl methyl sites for hydroxylation is 2. The van der Waals surface area contributed by atoms with Crippen LogP contribution in [-0.4, -0.2) is 56.1 Å². The molecule has 130 valence electrons. The Morgan fingerprint density at radius 2 is 2.00 bits per heavy atom. The van der Waals surface area contributed by atoms with Gasteiger partial charge < -0.3 is 24.3 Å². The zero-order chi connectivity index (χ0) is 17.1. The molecule has 0 spiro atoms. The van der Waals surface area contributed by atoms with Crippen LogP contribution in [-0.2, 0) is 4.74 Å². The fraction of sp³-hybridized carbons (Fsp3) is 0.500. The summed E-state index contributed by atoms with van der Waals surface area (Å²) in [5.41, 5.74) is 3.36. The minimum Gasteiger partial charge on any atom is -0.494 e. The largest absolute Gasteiger partial charge is 0.494 e. The van der Waals surface area contributed by atoms with Crippen molar-refractivity contribution in [1.82, 2.24) is 14.9 Å². The quantitative estimate of drug-likeness (QED) is 0.908. The van der Waals surface area contributed by atoms with Gasteiger partial charge in [-0.25, -0.2) is 4.98 Å². The Kier molecular flexibility index (Phi) is 5.06. The number of piperazine rings is 1. The maximum atomic E-state index is 5.67. The zero-order valence-corrected chi connectivity index (χ0v) is 14.9. The second-order valence-corrected chi connectivity index (χ2v) is 6.22. The molecule has 0 radical (unpaired) electrons. The molecule has 3 rings (SSSR count). The van der Waals surface area contributed by atoms with Gasteiger partial charge in [-0.05, 0) is 26.0 Å². The van der Waals surface area contributed by atoms with Crippen molar-refractivity contribution < 1.29 is 9.47 Å². The van der Waals surface area contributed by atoms with Crippen molar-refractivity contribution in [3.63, 3.8) is 0 Å². The Labute approximate surface area is 143 Å². The Morgan fingerprint density at radius 1 is 1.25 bits per heavy atom. The number of nitrogens with one attached hydrogen (secondary N) is 1. The second-order valence-electron chi connectivity index (χ2n) is 6.22. The van der Waals surface area contributed by atoms with Crippen molar-refractivity contribution in [2.75, 3.05) is 45.4 Å². The summed E-state index contributed by atoms with van der Waals surface area (Å²) in [5.74, 6) is 1.74. The molecule has 1 N–H and O–H groups in total. The van der Waals surface area contributed by atoms with Crippen molar-refractivity contribution in [2.45, 2.75) is 19.9 Å². The molecule has 1 fully saturated rings. The molecule has 0 aliphatic carbocycles. The molecule has 6 heteroatoms. The summed E-state index contributed by atoms with van der Waals surface area (Å²) in [6.45, 7) is 7.61. The van der Waals surface area contributed by atoms with Gasteiger partial charge in [-0.3, -0.25) is 0 Å². The van der Waals surface area contributed by atoms with Crippen molar-refractivity contribution in [3.05, 3.63) is 35.8 Å². The van der Waals surface area contributed by atoms with Gasteiger partial charge in [-0.15, -0.1) is 0 Å². The highest BCUT2D eigenvalue weighted by molar-refractivity contribution is 5.60. The highest BCUT2D eigenvalue weighted by Gasteiger charge is 2.22. The minimum atomic E-state index is 0.321. The highest BCUT2D eigenvalue weighted by atomic mass is 16.5. The number of methoxy groups -OCH3 is 2. The van der Waals surface area contributed by atoms with Crippen LogP contribution in [0.15, 0.2) is 24.4 Å². The second kappa shape index (κ2) is 7.23. The molecule has 0 aromatic carbocycles. The van der Waals surface area contributed by atoms with E-state index in [9.17, 15) is 0 Å². The van der Waals surface area contributed by atoms with E-state index in [-0.39, 0.29) is 0 Å². The predicted octanol–water partition coefficient (Wildman–Crippen LogP) is 1.92. The van der Waals surface area contributed by atoms with Crippen LogP contribution in [0.4, 0.5) is 5.69 Å². The van der Waals surface area contributed by atoms with E-state index < -0.39 is 0 Å². The summed E-state index contributed by atoms with van der Waals surface area (Å²) < 4.78 is 13.1. The van der Waals surface area contributed by atoms with Crippen LogP contribution >= 0.6 is 0 Å². The Morgan fingerprint density at radius 3 is 2.67 bits per heavy atom. The number of pyridine rings is 1. The molecule has 2 aromatic rings. The number of nitrogens with zero attached hydrogens (tertiary/aromatic N) is 3. The van der Waals surface area contributed by atoms with Gasteiger partial charge in [-0.2, -0.15) is 0 Å². The van der Waals surface area contributed by atoms with Gasteiger partial charge in [0, 0.05) is 50.2 Å². The lowest BCUT2D eigenvalue weighted by Crippen LogP contribution is -2.52. The average molecular weight is 330 g/mol. The lowest BCUT2D eigenvalue weighted by Gasteiger charge is -2.35.